The molecule has 1 heterocycles. The monoisotopic (exact) mass is 590 g/mol. The average molecular weight is 591 g/mol. The van der Waals surface area contributed by atoms with Crippen LogP contribution in [0.3, 0.4) is 0 Å². The molecular weight excluding hydrogens is 570 g/mol. The summed E-state index contributed by atoms with van der Waals surface area (Å²) < 4.78 is -0.348. The summed E-state index contributed by atoms with van der Waals surface area (Å²) >= 11 is 14.8. The number of nitro benzene ring substituents is 1. The number of piperazine rings is 1. The standard InChI is InChI=1S/C21H21Cl2IN4O4/c1-13(32-25)19(20(24)15-4-2-3-5-16(15)22)21(29)27-10-8-26(9-11-27)18-7-6-14(28(30)31)12-17(18)23/h2-7,12,20H,8-11,25H2,1H3/b19-13+. The molecular formula is C21H21Cl2IN4O4. The number of nitrogens with two attached hydrogens (primary N) is 1. The van der Waals surface area contributed by atoms with Crippen molar-refractivity contribution in [3.05, 3.63) is 79.5 Å². The summed E-state index contributed by atoms with van der Waals surface area (Å²) in [7, 11) is 0. The SMILES string of the molecule is C/C(ON)=C(\C(=O)N1CCN(c2ccc([N+](=O)[O-])cc2Cl)CC1)C(I)c1ccccc1Cl. The molecule has 2 aromatic rings. The predicted molar refractivity (Wildman–Crippen MR) is 133 cm³/mol. The fourth-order valence-corrected chi connectivity index (χ4v) is 5.49. The Morgan fingerprint density at radius 1 is 1.16 bits per heavy atom. The molecule has 0 saturated carbocycles. The lowest BCUT2D eigenvalue weighted by molar-refractivity contribution is -0.384. The minimum absolute atomic E-state index is 0.0627. The van der Waals surface area contributed by atoms with Gasteiger partial charge in [-0.25, -0.2) is 0 Å². The molecule has 32 heavy (non-hydrogen) atoms. The first kappa shape index (κ1) is 24.6. The second-order valence-electron chi connectivity index (χ2n) is 7.14. The van der Waals surface area contributed by atoms with Gasteiger partial charge in [0.05, 0.1) is 25.1 Å². The van der Waals surface area contributed by atoms with Crippen molar-refractivity contribution in [2.24, 2.45) is 5.90 Å². The lowest BCUT2D eigenvalue weighted by atomic mass is 10.0. The first-order valence-electron chi connectivity index (χ1n) is 9.68. The molecule has 1 aliphatic rings. The average Bonchev–Trinajstić information content (AvgIpc) is 2.79. The summed E-state index contributed by atoms with van der Waals surface area (Å²) in [5.41, 5.74) is 1.87. The fourth-order valence-electron chi connectivity index (χ4n) is 3.52. The van der Waals surface area contributed by atoms with Crippen LogP contribution in [-0.4, -0.2) is 41.9 Å². The van der Waals surface area contributed by atoms with E-state index >= 15 is 0 Å². The highest BCUT2D eigenvalue weighted by Crippen LogP contribution is 2.38. The largest absolute Gasteiger partial charge is 0.416 e. The van der Waals surface area contributed by atoms with Gasteiger partial charge in [0, 0.05) is 43.3 Å². The third-order valence-corrected chi connectivity index (χ3v) is 7.21. The van der Waals surface area contributed by atoms with E-state index in [4.69, 9.17) is 33.9 Å². The normalized spacial score (nSPS) is 15.8. The van der Waals surface area contributed by atoms with Gasteiger partial charge < -0.3 is 14.6 Å². The number of carbonyl (C=O) groups is 1. The summed E-state index contributed by atoms with van der Waals surface area (Å²) in [6.45, 7) is 3.59. The van der Waals surface area contributed by atoms with Gasteiger partial charge >= 0.3 is 0 Å². The van der Waals surface area contributed by atoms with Gasteiger partial charge in [0.25, 0.3) is 11.6 Å². The van der Waals surface area contributed by atoms with Crippen LogP contribution in [0.25, 0.3) is 0 Å². The van der Waals surface area contributed by atoms with E-state index in [9.17, 15) is 14.9 Å². The van der Waals surface area contributed by atoms with Crippen LogP contribution < -0.4 is 10.8 Å². The van der Waals surface area contributed by atoms with Crippen LogP contribution in [0.15, 0.2) is 53.8 Å². The first-order valence-corrected chi connectivity index (χ1v) is 11.7. The van der Waals surface area contributed by atoms with Gasteiger partial charge in [-0.3, -0.25) is 14.9 Å². The minimum Gasteiger partial charge on any atom is -0.416 e. The quantitative estimate of drug-likeness (QED) is 0.128. The van der Waals surface area contributed by atoms with E-state index in [1.165, 1.54) is 12.1 Å². The van der Waals surface area contributed by atoms with Crippen molar-refractivity contribution in [2.75, 3.05) is 31.1 Å². The molecule has 0 radical (unpaired) electrons. The number of benzene rings is 2. The predicted octanol–water partition coefficient (Wildman–Crippen LogP) is 4.89. The number of non-ortho nitro benzene ring substituents is 1. The van der Waals surface area contributed by atoms with E-state index in [2.05, 4.69) is 22.6 Å². The lowest BCUT2D eigenvalue weighted by Gasteiger charge is -2.37. The van der Waals surface area contributed by atoms with Crippen molar-refractivity contribution in [3.8, 4) is 0 Å². The number of hydrogen-bond acceptors (Lipinski definition) is 6. The number of rotatable bonds is 6. The molecule has 0 aromatic heterocycles. The number of halogens is 3. The number of nitrogens with zero attached hydrogens (tertiary/aromatic N) is 3. The highest BCUT2D eigenvalue weighted by molar-refractivity contribution is 14.1. The van der Waals surface area contributed by atoms with Gasteiger partial charge in [-0.05, 0) is 24.6 Å². The third-order valence-electron chi connectivity index (χ3n) is 5.27. The fraction of sp³-hybridized carbons (Fsp3) is 0.286. The van der Waals surface area contributed by atoms with Crippen molar-refractivity contribution in [3.63, 3.8) is 0 Å². The lowest BCUT2D eigenvalue weighted by Crippen LogP contribution is -2.49. The Balaban J connectivity index is 1.77. The smallest absolute Gasteiger partial charge is 0.271 e. The molecule has 170 valence electrons. The zero-order chi connectivity index (χ0) is 23.4. The summed E-state index contributed by atoms with van der Waals surface area (Å²) in [5, 5.41) is 11.8. The Morgan fingerprint density at radius 2 is 1.81 bits per heavy atom. The molecule has 1 saturated heterocycles. The maximum absolute atomic E-state index is 13.4. The summed E-state index contributed by atoms with van der Waals surface area (Å²) in [4.78, 5) is 32.6. The van der Waals surface area contributed by atoms with Crippen LogP contribution in [0.1, 0.15) is 16.4 Å². The number of carbonyl (C=O) groups excluding carboxylic acids is 1. The molecule has 1 atom stereocenters. The van der Waals surface area contributed by atoms with E-state index in [0.717, 1.165) is 5.56 Å². The van der Waals surface area contributed by atoms with Crippen LogP contribution in [0, 0.1) is 10.1 Å². The van der Waals surface area contributed by atoms with Crippen molar-refractivity contribution in [2.45, 2.75) is 10.8 Å². The Hall–Kier alpha value is -2.08. The molecule has 2 aromatic carbocycles. The van der Waals surface area contributed by atoms with E-state index in [0.29, 0.717) is 53.2 Å². The molecule has 11 heteroatoms. The molecule has 0 spiro atoms. The third kappa shape index (κ3) is 5.28. The van der Waals surface area contributed by atoms with Crippen LogP contribution >= 0.6 is 45.8 Å². The highest BCUT2D eigenvalue weighted by Gasteiger charge is 2.31. The number of hydrogen-bond donors (Lipinski definition) is 1. The second kappa shape index (κ2) is 10.7. The number of amides is 1. The zero-order valence-corrected chi connectivity index (χ0v) is 20.8. The van der Waals surface area contributed by atoms with Crippen molar-refractivity contribution in [1.29, 1.82) is 0 Å². The molecule has 0 bridgehead atoms. The van der Waals surface area contributed by atoms with Crippen molar-refractivity contribution < 1.29 is 14.6 Å². The summed E-state index contributed by atoms with van der Waals surface area (Å²) in [5.74, 6) is 5.56. The van der Waals surface area contributed by atoms with Gasteiger partial charge in [-0.2, -0.15) is 5.90 Å². The maximum atomic E-state index is 13.4. The van der Waals surface area contributed by atoms with Gasteiger partial charge in [0.1, 0.15) is 5.76 Å². The van der Waals surface area contributed by atoms with Gasteiger partial charge in [0.15, 0.2) is 0 Å². The molecule has 2 N–H and O–H groups in total. The van der Waals surface area contributed by atoms with Gasteiger partial charge in [0.2, 0.25) is 0 Å². The molecule has 3 rings (SSSR count). The van der Waals surface area contributed by atoms with Crippen LogP contribution in [0.2, 0.25) is 10.0 Å². The minimum atomic E-state index is -0.485. The Morgan fingerprint density at radius 3 is 2.38 bits per heavy atom. The number of alkyl halides is 1. The molecule has 8 nitrogen and oxygen atoms in total. The Labute approximate surface area is 209 Å². The molecule has 1 aliphatic heterocycles. The van der Waals surface area contributed by atoms with E-state index < -0.39 is 4.92 Å². The molecule has 1 fully saturated rings. The number of allylic oxidation sites excluding steroid dienone is 1. The van der Waals surface area contributed by atoms with E-state index in [1.807, 2.05) is 23.1 Å². The van der Waals surface area contributed by atoms with Crippen LogP contribution in [0.4, 0.5) is 11.4 Å². The summed E-state index contributed by atoms with van der Waals surface area (Å²) in [6.07, 6.45) is 0. The topological polar surface area (TPSA) is 102 Å². The van der Waals surface area contributed by atoms with Gasteiger partial charge in [-0.1, -0.05) is 64.0 Å². The van der Waals surface area contributed by atoms with Gasteiger partial charge in [-0.15, -0.1) is 0 Å². The molecule has 1 unspecified atom stereocenters. The molecule has 1 amide bonds. The van der Waals surface area contributed by atoms with E-state index in [-0.39, 0.29) is 15.5 Å². The maximum Gasteiger partial charge on any atom is 0.271 e. The summed E-state index contributed by atoms with van der Waals surface area (Å²) in [6, 6.07) is 11.7. The zero-order valence-electron chi connectivity index (χ0n) is 17.1. The molecule has 0 aliphatic carbocycles. The van der Waals surface area contributed by atoms with E-state index in [1.54, 1.807) is 24.0 Å². The first-order chi connectivity index (χ1) is 15.2. The number of nitro groups is 1. The number of anilines is 1. The van der Waals surface area contributed by atoms with Crippen molar-refractivity contribution >= 4 is 63.1 Å². The highest BCUT2D eigenvalue weighted by atomic mass is 127. The van der Waals surface area contributed by atoms with Crippen LogP contribution in [0.5, 0.6) is 0 Å². The Bertz CT molecular complexity index is 1060. The van der Waals surface area contributed by atoms with Crippen LogP contribution in [-0.2, 0) is 9.63 Å². The second-order valence-corrected chi connectivity index (χ2v) is 9.20. The van der Waals surface area contributed by atoms with Crippen molar-refractivity contribution in [1.82, 2.24) is 4.90 Å². The Kier molecular flexibility index (Phi) is 8.21.